The fourth-order valence-electron chi connectivity index (χ4n) is 3.42. The summed E-state index contributed by atoms with van der Waals surface area (Å²) in [6.07, 6.45) is 5.16. The van der Waals surface area contributed by atoms with Crippen LogP contribution in [-0.4, -0.2) is 42.3 Å². The number of ether oxygens (including phenoxy) is 1. The normalized spacial score (nSPS) is 22.4. The molecule has 2 unspecified atom stereocenters. The van der Waals surface area contributed by atoms with Gasteiger partial charge in [0.2, 0.25) is 0 Å². The third-order valence-corrected chi connectivity index (χ3v) is 4.65. The summed E-state index contributed by atoms with van der Waals surface area (Å²) < 4.78 is 5.41. The second-order valence-electron chi connectivity index (χ2n) is 6.19. The number of nitrogens with zero attached hydrogens (tertiary/aromatic N) is 1. The molecular weight excluding hydrogens is 265 g/mol. The van der Waals surface area contributed by atoms with Gasteiger partial charge in [0.15, 0.2) is 0 Å². The molecule has 21 heavy (non-hydrogen) atoms. The van der Waals surface area contributed by atoms with Crippen molar-refractivity contribution in [3.05, 3.63) is 23.8 Å². The van der Waals surface area contributed by atoms with Crippen LogP contribution >= 0.6 is 0 Å². The molecule has 1 aromatic rings. The van der Waals surface area contributed by atoms with Gasteiger partial charge in [-0.25, -0.2) is 0 Å². The Hall–Kier alpha value is -1.04. The van der Waals surface area contributed by atoms with E-state index in [1.54, 1.807) is 13.2 Å². The van der Waals surface area contributed by atoms with Crippen molar-refractivity contribution >= 4 is 12.6 Å². The summed E-state index contributed by atoms with van der Waals surface area (Å²) in [6.45, 7) is 3.09. The Balaban J connectivity index is 2.14. The van der Waals surface area contributed by atoms with Crippen LogP contribution in [0.2, 0.25) is 0 Å². The standard InChI is InChI=1S/C16H26BNO3/c1-12-6-4-5-7-15(12)18(2)11-13-10-14(17(19)20)8-9-16(13)21-3/h8-10,12,15,19-20H,4-7,11H2,1-3H3. The molecule has 1 aliphatic rings. The highest BCUT2D eigenvalue weighted by atomic mass is 16.5. The second-order valence-corrected chi connectivity index (χ2v) is 6.19. The molecule has 0 aliphatic heterocycles. The van der Waals surface area contributed by atoms with Crippen LogP contribution in [0.15, 0.2) is 18.2 Å². The first-order chi connectivity index (χ1) is 10.0. The molecule has 1 saturated carbocycles. The first-order valence-electron chi connectivity index (χ1n) is 7.76. The average molecular weight is 291 g/mol. The summed E-state index contributed by atoms with van der Waals surface area (Å²) in [5, 5.41) is 18.7. The quantitative estimate of drug-likeness (QED) is 0.805. The minimum absolute atomic E-state index is 0.510. The molecule has 0 radical (unpaired) electrons. The van der Waals surface area contributed by atoms with E-state index < -0.39 is 7.12 Å². The van der Waals surface area contributed by atoms with Gasteiger partial charge in [0, 0.05) is 18.2 Å². The molecule has 0 saturated heterocycles. The highest BCUT2D eigenvalue weighted by Gasteiger charge is 2.25. The van der Waals surface area contributed by atoms with Crippen LogP contribution in [0.3, 0.4) is 0 Å². The van der Waals surface area contributed by atoms with E-state index in [-0.39, 0.29) is 0 Å². The maximum atomic E-state index is 9.34. The number of methoxy groups -OCH3 is 1. The number of hydrogen-bond donors (Lipinski definition) is 2. The van der Waals surface area contributed by atoms with Gasteiger partial charge in [-0.1, -0.05) is 31.9 Å². The topological polar surface area (TPSA) is 52.9 Å². The zero-order valence-corrected chi connectivity index (χ0v) is 13.2. The Kier molecular flexibility index (Phi) is 5.68. The molecule has 0 heterocycles. The summed E-state index contributed by atoms with van der Waals surface area (Å²) in [5.74, 6) is 1.51. The van der Waals surface area contributed by atoms with E-state index in [4.69, 9.17) is 4.74 Å². The lowest BCUT2D eigenvalue weighted by Gasteiger charge is -2.36. The van der Waals surface area contributed by atoms with E-state index >= 15 is 0 Å². The van der Waals surface area contributed by atoms with Gasteiger partial charge in [-0.3, -0.25) is 4.90 Å². The molecule has 1 aromatic carbocycles. The van der Waals surface area contributed by atoms with Crippen LogP contribution in [0.1, 0.15) is 38.2 Å². The highest BCUT2D eigenvalue weighted by molar-refractivity contribution is 6.58. The third-order valence-electron chi connectivity index (χ3n) is 4.65. The van der Waals surface area contributed by atoms with Crippen LogP contribution in [0.5, 0.6) is 5.75 Å². The van der Waals surface area contributed by atoms with E-state index in [1.807, 2.05) is 12.1 Å². The Morgan fingerprint density at radius 3 is 2.62 bits per heavy atom. The average Bonchev–Trinajstić information content (AvgIpc) is 2.47. The van der Waals surface area contributed by atoms with Gasteiger partial charge in [0.1, 0.15) is 5.75 Å². The molecule has 116 valence electrons. The zero-order valence-electron chi connectivity index (χ0n) is 13.2. The van der Waals surface area contributed by atoms with Crippen molar-refractivity contribution in [3.63, 3.8) is 0 Å². The van der Waals surface area contributed by atoms with Crippen molar-refractivity contribution in [2.24, 2.45) is 5.92 Å². The highest BCUT2D eigenvalue weighted by Crippen LogP contribution is 2.29. The van der Waals surface area contributed by atoms with E-state index in [0.29, 0.717) is 17.4 Å². The molecule has 0 aromatic heterocycles. The molecule has 0 spiro atoms. The Labute approximate surface area is 127 Å². The van der Waals surface area contributed by atoms with Crippen molar-refractivity contribution in [3.8, 4) is 5.75 Å². The van der Waals surface area contributed by atoms with Gasteiger partial charge >= 0.3 is 7.12 Å². The summed E-state index contributed by atoms with van der Waals surface area (Å²) in [5.41, 5.74) is 1.51. The lowest BCUT2D eigenvalue weighted by Crippen LogP contribution is -2.39. The molecule has 2 atom stereocenters. The Morgan fingerprint density at radius 2 is 2.00 bits per heavy atom. The van der Waals surface area contributed by atoms with E-state index in [9.17, 15) is 10.0 Å². The maximum absolute atomic E-state index is 9.34. The van der Waals surface area contributed by atoms with Crippen LogP contribution in [0.25, 0.3) is 0 Å². The largest absolute Gasteiger partial charge is 0.496 e. The van der Waals surface area contributed by atoms with Crippen molar-refractivity contribution in [1.82, 2.24) is 4.90 Å². The zero-order chi connectivity index (χ0) is 15.4. The van der Waals surface area contributed by atoms with Gasteiger partial charge in [0.05, 0.1) is 7.11 Å². The van der Waals surface area contributed by atoms with Gasteiger partial charge < -0.3 is 14.8 Å². The van der Waals surface area contributed by atoms with Gasteiger partial charge in [-0.05, 0) is 37.3 Å². The maximum Gasteiger partial charge on any atom is 0.488 e. The van der Waals surface area contributed by atoms with Crippen molar-refractivity contribution in [2.45, 2.75) is 45.2 Å². The predicted molar refractivity (Wildman–Crippen MR) is 85.7 cm³/mol. The molecular formula is C16H26BNO3. The van der Waals surface area contributed by atoms with Crippen LogP contribution in [0.4, 0.5) is 0 Å². The predicted octanol–water partition coefficient (Wildman–Crippen LogP) is 1.39. The SMILES string of the molecule is COc1ccc(B(O)O)cc1CN(C)C1CCCCC1C. The van der Waals surface area contributed by atoms with Crippen LogP contribution in [0, 0.1) is 5.92 Å². The molecule has 0 bridgehead atoms. The van der Waals surface area contributed by atoms with Crippen molar-refractivity contribution in [2.75, 3.05) is 14.2 Å². The van der Waals surface area contributed by atoms with Gasteiger partial charge in [0.25, 0.3) is 0 Å². The minimum Gasteiger partial charge on any atom is -0.496 e. The van der Waals surface area contributed by atoms with Crippen molar-refractivity contribution in [1.29, 1.82) is 0 Å². The first kappa shape index (κ1) is 16.3. The monoisotopic (exact) mass is 291 g/mol. The fraction of sp³-hybridized carbons (Fsp3) is 0.625. The van der Waals surface area contributed by atoms with E-state index in [0.717, 1.165) is 17.9 Å². The fourth-order valence-corrected chi connectivity index (χ4v) is 3.42. The Bertz CT molecular complexity index is 467. The molecule has 1 fully saturated rings. The lowest BCUT2D eigenvalue weighted by atomic mass is 9.79. The molecule has 5 heteroatoms. The van der Waals surface area contributed by atoms with Crippen LogP contribution in [-0.2, 0) is 6.54 Å². The van der Waals surface area contributed by atoms with Crippen LogP contribution < -0.4 is 10.2 Å². The van der Waals surface area contributed by atoms with E-state index in [1.165, 1.54) is 25.7 Å². The minimum atomic E-state index is -1.44. The molecule has 1 aliphatic carbocycles. The smallest absolute Gasteiger partial charge is 0.488 e. The van der Waals surface area contributed by atoms with Gasteiger partial charge in [-0.15, -0.1) is 0 Å². The van der Waals surface area contributed by atoms with E-state index in [2.05, 4.69) is 18.9 Å². The summed E-state index contributed by atoms with van der Waals surface area (Å²) >= 11 is 0. The molecule has 2 N–H and O–H groups in total. The number of benzene rings is 1. The summed E-state index contributed by atoms with van der Waals surface area (Å²) in [7, 11) is 2.36. The molecule has 2 rings (SSSR count). The summed E-state index contributed by atoms with van der Waals surface area (Å²) in [6, 6.07) is 5.91. The number of rotatable bonds is 5. The number of hydrogen-bond acceptors (Lipinski definition) is 4. The third kappa shape index (κ3) is 3.99. The van der Waals surface area contributed by atoms with Gasteiger partial charge in [-0.2, -0.15) is 0 Å². The first-order valence-corrected chi connectivity index (χ1v) is 7.76. The lowest BCUT2D eigenvalue weighted by molar-refractivity contribution is 0.132. The Morgan fingerprint density at radius 1 is 1.29 bits per heavy atom. The second kappa shape index (κ2) is 7.30. The van der Waals surface area contributed by atoms with Crippen molar-refractivity contribution < 1.29 is 14.8 Å². The molecule has 4 nitrogen and oxygen atoms in total. The molecule has 0 amide bonds. The summed E-state index contributed by atoms with van der Waals surface area (Å²) in [4.78, 5) is 2.37.